The number of nitrogens with two attached hydrogens (primary N) is 1. The van der Waals surface area contributed by atoms with Crippen molar-refractivity contribution in [1.82, 2.24) is 10.3 Å². The van der Waals surface area contributed by atoms with Crippen molar-refractivity contribution in [3.05, 3.63) is 71.6 Å². The van der Waals surface area contributed by atoms with Gasteiger partial charge >= 0.3 is 0 Å². The van der Waals surface area contributed by atoms with Crippen molar-refractivity contribution >= 4 is 12.2 Å². The number of benzene rings is 1. The Morgan fingerprint density at radius 3 is 2.45 bits per heavy atom. The minimum Gasteiger partial charge on any atom is -0.464 e. The molecule has 0 bridgehead atoms. The first-order valence-electron chi connectivity index (χ1n) is 10.1. The smallest absolute Gasteiger partial charge is 0.207 e. The Hall–Kier alpha value is -3.56. The van der Waals surface area contributed by atoms with Crippen LogP contribution in [0.5, 0.6) is 0 Å². The quantitative estimate of drug-likeness (QED) is 0.381. The molecular weight excluding hydrogens is 388 g/mol. The second kappa shape index (κ2) is 14.4. The highest BCUT2D eigenvalue weighted by molar-refractivity contribution is 5.68. The molecule has 1 unspecified atom stereocenters. The molecule has 6 heteroatoms. The minimum atomic E-state index is 0.0416. The van der Waals surface area contributed by atoms with Gasteiger partial charge in [-0.25, -0.2) is 4.98 Å². The van der Waals surface area contributed by atoms with E-state index in [2.05, 4.69) is 41.5 Å². The van der Waals surface area contributed by atoms with Gasteiger partial charge in [0, 0.05) is 37.0 Å². The standard InChI is InChI=1S/C13H16N2O.C10H14N2O.C2H2/c1-4-10-7-12(16-8-10)11-5-6-15-13(14-3)9(11)2;11-7-10(12-8-13)6-9-4-2-1-3-5-9;1-2/h5-8H,4H2,1-3H3,(H,14,15);1-5,8,10H,6-7,11H2,(H,12,13);1-2H. The van der Waals surface area contributed by atoms with Gasteiger partial charge < -0.3 is 20.8 Å². The van der Waals surface area contributed by atoms with Crippen LogP contribution in [0.25, 0.3) is 11.3 Å². The number of aromatic nitrogens is 1. The third-order valence-corrected chi connectivity index (χ3v) is 4.68. The monoisotopic (exact) mass is 420 g/mol. The third-order valence-electron chi connectivity index (χ3n) is 4.68. The fraction of sp³-hybridized carbons (Fsp3) is 0.280. The first kappa shape index (κ1) is 25.5. The Morgan fingerprint density at radius 2 is 1.90 bits per heavy atom. The van der Waals surface area contributed by atoms with Crippen LogP contribution in [0.4, 0.5) is 5.82 Å². The summed E-state index contributed by atoms with van der Waals surface area (Å²) >= 11 is 0. The van der Waals surface area contributed by atoms with Gasteiger partial charge in [0.2, 0.25) is 6.41 Å². The lowest BCUT2D eigenvalue weighted by atomic mass is 10.1. The molecule has 1 aromatic carbocycles. The van der Waals surface area contributed by atoms with E-state index in [0.29, 0.717) is 13.0 Å². The first-order chi connectivity index (χ1) is 15.1. The van der Waals surface area contributed by atoms with Gasteiger partial charge in [-0.3, -0.25) is 4.79 Å². The molecule has 1 atom stereocenters. The van der Waals surface area contributed by atoms with E-state index < -0.39 is 0 Å². The number of aryl methyl sites for hydroxylation is 1. The number of carbonyl (C=O) groups excluding carboxylic acids is 1. The number of amides is 1. The van der Waals surface area contributed by atoms with E-state index in [1.165, 1.54) is 11.1 Å². The van der Waals surface area contributed by atoms with Gasteiger partial charge in [0.25, 0.3) is 0 Å². The van der Waals surface area contributed by atoms with Crippen LogP contribution in [0.3, 0.4) is 0 Å². The van der Waals surface area contributed by atoms with Crippen LogP contribution in [-0.2, 0) is 17.6 Å². The molecule has 3 rings (SSSR count). The molecule has 0 saturated heterocycles. The fourth-order valence-electron chi connectivity index (χ4n) is 2.96. The summed E-state index contributed by atoms with van der Waals surface area (Å²) in [6.45, 7) is 4.63. The van der Waals surface area contributed by atoms with Crippen molar-refractivity contribution in [3.63, 3.8) is 0 Å². The molecule has 31 heavy (non-hydrogen) atoms. The Balaban J connectivity index is 0.000000293. The number of anilines is 1. The number of nitrogens with zero attached hydrogens (tertiary/aromatic N) is 1. The zero-order valence-corrected chi connectivity index (χ0v) is 18.5. The molecule has 0 fully saturated rings. The van der Waals surface area contributed by atoms with E-state index in [9.17, 15) is 4.79 Å². The third kappa shape index (κ3) is 8.00. The Kier molecular flexibility index (Phi) is 11.9. The molecule has 164 valence electrons. The second-order valence-electron chi connectivity index (χ2n) is 6.66. The van der Waals surface area contributed by atoms with Crippen LogP contribution in [0, 0.1) is 19.8 Å². The molecule has 0 aliphatic rings. The molecule has 1 amide bonds. The van der Waals surface area contributed by atoms with E-state index in [0.717, 1.165) is 35.5 Å². The molecular formula is C25H32N4O2. The molecule has 2 aromatic heterocycles. The first-order valence-corrected chi connectivity index (χ1v) is 10.1. The van der Waals surface area contributed by atoms with Crippen molar-refractivity contribution in [2.45, 2.75) is 32.7 Å². The number of rotatable bonds is 8. The van der Waals surface area contributed by atoms with Crippen LogP contribution in [0.2, 0.25) is 0 Å². The lowest BCUT2D eigenvalue weighted by Gasteiger charge is -2.12. The normalized spacial score (nSPS) is 10.5. The molecule has 0 saturated carbocycles. The zero-order valence-electron chi connectivity index (χ0n) is 18.5. The average molecular weight is 421 g/mol. The molecule has 0 radical (unpaired) electrons. The van der Waals surface area contributed by atoms with Gasteiger partial charge in [-0.05, 0) is 43.0 Å². The highest BCUT2D eigenvalue weighted by atomic mass is 16.3. The van der Waals surface area contributed by atoms with Crippen molar-refractivity contribution in [3.8, 4) is 24.2 Å². The van der Waals surface area contributed by atoms with E-state index in [1.807, 2.05) is 56.6 Å². The number of hydrogen-bond acceptors (Lipinski definition) is 5. The number of furan rings is 1. The summed E-state index contributed by atoms with van der Waals surface area (Å²) in [5.41, 5.74) is 10.1. The number of carbonyl (C=O) groups is 1. The van der Waals surface area contributed by atoms with Crippen LogP contribution in [0.15, 0.2) is 59.3 Å². The van der Waals surface area contributed by atoms with E-state index >= 15 is 0 Å². The number of hydrogen-bond donors (Lipinski definition) is 3. The van der Waals surface area contributed by atoms with E-state index in [-0.39, 0.29) is 6.04 Å². The summed E-state index contributed by atoms with van der Waals surface area (Å²) < 4.78 is 5.57. The Bertz CT molecular complexity index is 920. The largest absolute Gasteiger partial charge is 0.464 e. The van der Waals surface area contributed by atoms with Gasteiger partial charge in [0.15, 0.2) is 0 Å². The molecule has 0 spiro atoms. The lowest BCUT2D eigenvalue weighted by molar-refractivity contribution is -0.110. The zero-order chi connectivity index (χ0) is 23.1. The van der Waals surface area contributed by atoms with Gasteiger partial charge in [0.05, 0.1) is 6.26 Å². The molecule has 3 aromatic rings. The van der Waals surface area contributed by atoms with E-state index in [1.54, 1.807) is 6.20 Å². The Morgan fingerprint density at radius 1 is 1.19 bits per heavy atom. The lowest BCUT2D eigenvalue weighted by Crippen LogP contribution is -2.36. The van der Waals surface area contributed by atoms with Crippen LogP contribution >= 0.6 is 0 Å². The second-order valence-corrected chi connectivity index (χ2v) is 6.66. The predicted molar refractivity (Wildman–Crippen MR) is 128 cm³/mol. The number of nitrogens with one attached hydrogen (secondary N) is 2. The van der Waals surface area contributed by atoms with E-state index in [4.69, 9.17) is 10.2 Å². The van der Waals surface area contributed by atoms with Crippen LogP contribution in [0.1, 0.15) is 23.6 Å². The van der Waals surface area contributed by atoms with Crippen molar-refractivity contribution < 1.29 is 9.21 Å². The number of terminal acetylenes is 1. The van der Waals surface area contributed by atoms with Crippen molar-refractivity contribution in [1.29, 1.82) is 0 Å². The maximum absolute atomic E-state index is 10.2. The maximum atomic E-state index is 10.2. The topological polar surface area (TPSA) is 93.2 Å². The maximum Gasteiger partial charge on any atom is 0.207 e. The minimum absolute atomic E-state index is 0.0416. The average Bonchev–Trinajstić information content (AvgIpc) is 3.30. The van der Waals surface area contributed by atoms with Gasteiger partial charge in [-0.15, -0.1) is 12.8 Å². The summed E-state index contributed by atoms with van der Waals surface area (Å²) in [4.78, 5) is 14.5. The van der Waals surface area contributed by atoms with Crippen LogP contribution in [-0.4, -0.2) is 31.0 Å². The summed E-state index contributed by atoms with van der Waals surface area (Å²) in [6.07, 6.45) is 14.1. The van der Waals surface area contributed by atoms with Gasteiger partial charge in [0.1, 0.15) is 11.6 Å². The summed E-state index contributed by atoms with van der Waals surface area (Å²) in [5.74, 6) is 1.81. The summed E-state index contributed by atoms with van der Waals surface area (Å²) in [6, 6.07) is 14.1. The molecule has 0 aliphatic heterocycles. The van der Waals surface area contributed by atoms with Gasteiger partial charge in [-0.1, -0.05) is 37.3 Å². The van der Waals surface area contributed by atoms with Crippen molar-refractivity contribution in [2.75, 3.05) is 18.9 Å². The van der Waals surface area contributed by atoms with Crippen LogP contribution < -0.4 is 16.4 Å². The Labute approximate surface area is 185 Å². The highest BCUT2D eigenvalue weighted by Gasteiger charge is 2.09. The van der Waals surface area contributed by atoms with Gasteiger partial charge in [-0.2, -0.15) is 0 Å². The molecule has 4 N–H and O–H groups in total. The summed E-state index contributed by atoms with van der Waals surface area (Å²) in [5, 5.41) is 5.75. The molecule has 0 aliphatic carbocycles. The number of pyridine rings is 1. The fourth-order valence-corrected chi connectivity index (χ4v) is 2.96. The molecule has 2 heterocycles. The highest BCUT2D eigenvalue weighted by Crippen LogP contribution is 2.28. The van der Waals surface area contributed by atoms with Crippen molar-refractivity contribution in [2.24, 2.45) is 5.73 Å². The predicted octanol–water partition coefficient (Wildman–Crippen LogP) is 3.81. The SMILES string of the molecule is C#C.CCc1coc(-c2ccnc(NC)c2C)c1.NCC(Cc1ccccc1)NC=O. The summed E-state index contributed by atoms with van der Waals surface area (Å²) in [7, 11) is 1.87. The molecule has 6 nitrogen and oxygen atoms in total.